The molecular formula is C27H54O9. The fraction of sp³-hybridized carbons (Fsp3) is 0.963. The Balaban J connectivity index is 3.10. The van der Waals surface area contributed by atoms with E-state index in [2.05, 4.69) is 20.8 Å². The first-order chi connectivity index (χ1) is 17.7. The molecule has 36 heavy (non-hydrogen) atoms. The van der Waals surface area contributed by atoms with Gasteiger partial charge in [-0.1, -0.05) is 52.9 Å². The molecule has 0 fully saturated rings. The highest BCUT2D eigenvalue weighted by molar-refractivity contribution is 5.69. The topological polar surface area (TPSA) is 90.9 Å². The summed E-state index contributed by atoms with van der Waals surface area (Å²) in [6.45, 7) is 14.4. The van der Waals surface area contributed by atoms with E-state index in [1.165, 1.54) is 19.3 Å². The summed E-state index contributed by atoms with van der Waals surface area (Å²) in [5.41, 5.74) is 0. The number of ether oxygens (including phenoxy) is 8. The van der Waals surface area contributed by atoms with Crippen LogP contribution in [-0.2, 0) is 42.7 Å². The van der Waals surface area contributed by atoms with Crippen LogP contribution in [0.3, 0.4) is 0 Å². The molecule has 0 bridgehead atoms. The molecular weight excluding hydrogens is 468 g/mol. The molecule has 0 aliphatic carbocycles. The zero-order chi connectivity index (χ0) is 26.4. The fourth-order valence-corrected chi connectivity index (χ4v) is 2.88. The van der Waals surface area contributed by atoms with E-state index >= 15 is 0 Å². The molecule has 9 nitrogen and oxygen atoms in total. The molecule has 0 aromatic carbocycles. The Morgan fingerprint density at radius 2 is 0.917 bits per heavy atom. The Labute approximate surface area is 219 Å². The first-order valence-electron chi connectivity index (χ1n) is 13.9. The van der Waals surface area contributed by atoms with Gasteiger partial charge in [0, 0.05) is 13.0 Å². The summed E-state index contributed by atoms with van der Waals surface area (Å²) in [5, 5.41) is 0. The first-order valence-corrected chi connectivity index (χ1v) is 13.9. The molecule has 1 unspecified atom stereocenters. The number of rotatable bonds is 30. The third-order valence-electron chi connectivity index (χ3n) is 5.31. The van der Waals surface area contributed by atoms with Crippen molar-refractivity contribution in [2.75, 3.05) is 99.1 Å². The molecule has 0 amide bonds. The smallest absolute Gasteiger partial charge is 0.305 e. The second kappa shape index (κ2) is 30.4. The lowest BCUT2D eigenvalue weighted by molar-refractivity contribution is -0.145. The van der Waals surface area contributed by atoms with E-state index in [1.807, 2.05) is 0 Å². The third-order valence-corrected chi connectivity index (χ3v) is 5.31. The number of hydrogen-bond donors (Lipinski definition) is 0. The van der Waals surface area contributed by atoms with Crippen LogP contribution in [0.1, 0.15) is 65.7 Å². The predicted octanol–water partition coefficient (Wildman–Crippen LogP) is 4.05. The number of hydrogen-bond acceptors (Lipinski definition) is 9. The van der Waals surface area contributed by atoms with Gasteiger partial charge in [-0.05, 0) is 12.3 Å². The van der Waals surface area contributed by atoms with E-state index in [1.54, 1.807) is 0 Å². The fourth-order valence-electron chi connectivity index (χ4n) is 2.88. The van der Waals surface area contributed by atoms with Gasteiger partial charge in [0.15, 0.2) is 0 Å². The molecule has 0 saturated carbocycles. The van der Waals surface area contributed by atoms with Gasteiger partial charge in [0.25, 0.3) is 0 Å². The minimum atomic E-state index is -0.140. The van der Waals surface area contributed by atoms with Gasteiger partial charge in [0.1, 0.15) is 6.61 Å². The molecule has 216 valence electrons. The summed E-state index contributed by atoms with van der Waals surface area (Å²) >= 11 is 0. The van der Waals surface area contributed by atoms with Crippen LogP contribution in [0.15, 0.2) is 0 Å². The van der Waals surface area contributed by atoms with E-state index in [0.29, 0.717) is 105 Å². The number of carbonyl (C=O) groups excluding carboxylic acids is 1. The van der Waals surface area contributed by atoms with E-state index in [4.69, 9.17) is 37.9 Å². The zero-order valence-corrected chi connectivity index (χ0v) is 23.3. The highest BCUT2D eigenvalue weighted by Crippen LogP contribution is 2.05. The predicted molar refractivity (Wildman–Crippen MR) is 140 cm³/mol. The molecule has 1 atom stereocenters. The van der Waals surface area contributed by atoms with Crippen molar-refractivity contribution < 1.29 is 42.7 Å². The van der Waals surface area contributed by atoms with Gasteiger partial charge in [-0.3, -0.25) is 4.79 Å². The Hall–Kier alpha value is -0.810. The number of carbonyl (C=O) groups is 1. The lowest BCUT2D eigenvalue weighted by atomic mass is 10.1. The molecule has 0 N–H and O–H groups in total. The average Bonchev–Trinajstić information content (AvgIpc) is 2.88. The van der Waals surface area contributed by atoms with Crippen LogP contribution in [0.4, 0.5) is 0 Å². The largest absolute Gasteiger partial charge is 0.463 e. The van der Waals surface area contributed by atoms with Gasteiger partial charge < -0.3 is 37.9 Å². The van der Waals surface area contributed by atoms with E-state index in [9.17, 15) is 4.79 Å². The van der Waals surface area contributed by atoms with E-state index in [0.717, 1.165) is 25.9 Å². The van der Waals surface area contributed by atoms with Crippen LogP contribution >= 0.6 is 0 Å². The van der Waals surface area contributed by atoms with Gasteiger partial charge >= 0.3 is 5.97 Å². The second-order valence-electron chi connectivity index (χ2n) is 8.65. The Morgan fingerprint density at radius 1 is 0.528 bits per heavy atom. The number of unbranched alkanes of at least 4 members (excludes halogenated alkanes) is 4. The molecule has 0 aliphatic rings. The maximum Gasteiger partial charge on any atom is 0.305 e. The van der Waals surface area contributed by atoms with Gasteiger partial charge in [0.05, 0.1) is 85.9 Å². The second-order valence-corrected chi connectivity index (χ2v) is 8.65. The summed E-state index contributed by atoms with van der Waals surface area (Å²) in [4.78, 5) is 11.6. The van der Waals surface area contributed by atoms with Crippen molar-refractivity contribution in [2.45, 2.75) is 65.7 Å². The van der Waals surface area contributed by atoms with Gasteiger partial charge in [-0.2, -0.15) is 0 Å². The van der Waals surface area contributed by atoms with Crippen molar-refractivity contribution in [3.05, 3.63) is 0 Å². The Bertz CT molecular complexity index is 437. The molecule has 0 rings (SSSR count). The lowest BCUT2D eigenvalue weighted by Gasteiger charge is -2.10. The highest BCUT2D eigenvalue weighted by Gasteiger charge is 2.02. The summed E-state index contributed by atoms with van der Waals surface area (Å²) in [6, 6.07) is 0. The molecule has 0 aromatic heterocycles. The van der Waals surface area contributed by atoms with Crippen LogP contribution in [-0.4, -0.2) is 105 Å². The molecule has 0 saturated heterocycles. The van der Waals surface area contributed by atoms with Crippen LogP contribution < -0.4 is 0 Å². The van der Waals surface area contributed by atoms with E-state index in [-0.39, 0.29) is 5.97 Å². The SMILES string of the molecule is CCCCCCCC(=O)OCCOCCOCCOCCOCCOCCOCCOCC(C)CC. The Morgan fingerprint density at radius 3 is 1.33 bits per heavy atom. The summed E-state index contributed by atoms with van der Waals surface area (Å²) < 4.78 is 43.3. The lowest BCUT2D eigenvalue weighted by Crippen LogP contribution is -2.15. The Kier molecular flexibility index (Phi) is 29.7. The maximum absolute atomic E-state index is 11.6. The first kappa shape index (κ1) is 35.2. The minimum Gasteiger partial charge on any atom is -0.463 e. The summed E-state index contributed by atoms with van der Waals surface area (Å²) in [5.74, 6) is 0.460. The van der Waals surface area contributed by atoms with Crippen LogP contribution in [0.2, 0.25) is 0 Å². The molecule has 0 heterocycles. The van der Waals surface area contributed by atoms with Gasteiger partial charge in [-0.15, -0.1) is 0 Å². The minimum absolute atomic E-state index is 0.140. The number of esters is 1. The standard InChI is InChI=1S/C27H54O9/c1-4-6-7-8-9-10-27(28)36-24-23-34-20-19-32-16-15-30-12-11-29-13-14-31-17-18-33-21-22-35-25-26(3)5-2/h26H,4-25H2,1-3H3. The molecule has 9 heteroatoms. The molecule has 0 aromatic rings. The van der Waals surface area contributed by atoms with Crippen molar-refractivity contribution in [2.24, 2.45) is 5.92 Å². The van der Waals surface area contributed by atoms with Crippen LogP contribution in [0.5, 0.6) is 0 Å². The monoisotopic (exact) mass is 522 g/mol. The van der Waals surface area contributed by atoms with Crippen molar-refractivity contribution >= 4 is 5.97 Å². The average molecular weight is 523 g/mol. The molecule has 0 radical (unpaired) electrons. The van der Waals surface area contributed by atoms with Crippen LogP contribution in [0.25, 0.3) is 0 Å². The van der Waals surface area contributed by atoms with Crippen LogP contribution in [0, 0.1) is 5.92 Å². The van der Waals surface area contributed by atoms with Crippen molar-refractivity contribution in [3.8, 4) is 0 Å². The molecule has 0 aliphatic heterocycles. The third kappa shape index (κ3) is 29.4. The highest BCUT2D eigenvalue weighted by atomic mass is 16.6. The van der Waals surface area contributed by atoms with Gasteiger partial charge in [0.2, 0.25) is 0 Å². The van der Waals surface area contributed by atoms with Crippen molar-refractivity contribution in [1.29, 1.82) is 0 Å². The summed E-state index contributed by atoms with van der Waals surface area (Å²) in [6.07, 6.45) is 7.25. The van der Waals surface area contributed by atoms with Crippen molar-refractivity contribution in [1.82, 2.24) is 0 Å². The normalized spacial score (nSPS) is 12.2. The van der Waals surface area contributed by atoms with Crippen molar-refractivity contribution in [3.63, 3.8) is 0 Å². The zero-order valence-electron chi connectivity index (χ0n) is 23.3. The molecule has 0 spiro atoms. The quantitative estimate of drug-likeness (QED) is 0.102. The summed E-state index contributed by atoms with van der Waals surface area (Å²) in [7, 11) is 0. The van der Waals surface area contributed by atoms with E-state index < -0.39 is 0 Å². The maximum atomic E-state index is 11.6. The van der Waals surface area contributed by atoms with Gasteiger partial charge in [-0.25, -0.2) is 0 Å².